The lowest BCUT2D eigenvalue weighted by Crippen LogP contribution is -2.36. The molecule has 0 saturated heterocycles. The Labute approximate surface area is 191 Å². The molecule has 0 aliphatic heterocycles. The van der Waals surface area contributed by atoms with E-state index in [-0.39, 0.29) is 37.3 Å². The van der Waals surface area contributed by atoms with Crippen LogP contribution in [0.3, 0.4) is 0 Å². The quantitative estimate of drug-likeness (QED) is 0.445. The number of aryl methyl sites for hydroxylation is 1. The molecular weight excluding hydrogens is 492 g/mol. The molecule has 2 aromatic heterocycles. The first kappa shape index (κ1) is 22.8. The van der Waals surface area contributed by atoms with Gasteiger partial charge in [-0.25, -0.2) is 0 Å². The van der Waals surface area contributed by atoms with Crippen molar-refractivity contribution in [2.45, 2.75) is 20.4 Å². The molecule has 2 heterocycles. The number of nitrogens with one attached hydrogen (secondary N) is 2. The highest BCUT2D eigenvalue weighted by molar-refractivity contribution is 9.10. The van der Waals surface area contributed by atoms with Crippen LogP contribution >= 0.6 is 27.5 Å². The van der Waals surface area contributed by atoms with Crippen LogP contribution < -0.4 is 15.4 Å². The van der Waals surface area contributed by atoms with Crippen LogP contribution in [0.4, 0.5) is 0 Å². The van der Waals surface area contributed by atoms with E-state index in [0.717, 1.165) is 15.9 Å². The maximum absolute atomic E-state index is 12.2. The van der Waals surface area contributed by atoms with E-state index in [1.54, 1.807) is 22.9 Å². The van der Waals surface area contributed by atoms with Gasteiger partial charge in [-0.1, -0.05) is 16.8 Å². The molecule has 31 heavy (non-hydrogen) atoms. The van der Waals surface area contributed by atoms with Gasteiger partial charge in [0.1, 0.15) is 12.3 Å². The lowest BCUT2D eigenvalue weighted by molar-refractivity contribution is -0.121. The Morgan fingerprint density at radius 2 is 2.00 bits per heavy atom. The summed E-state index contributed by atoms with van der Waals surface area (Å²) in [5.41, 5.74) is 2.18. The molecule has 0 saturated carbocycles. The minimum absolute atomic E-state index is 0.0840. The second-order valence-electron chi connectivity index (χ2n) is 6.52. The summed E-state index contributed by atoms with van der Waals surface area (Å²) in [5.74, 6) is -0.323. The van der Waals surface area contributed by atoms with Crippen molar-refractivity contribution in [1.29, 1.82) is 0 Å². The summed E-state index contributed by atoms with van der Waals surface area (Å²) in [6.45, 7) is 4.22. The highest BCUT2D eigenvalue weighted by Gasteiger charge is 2.18. The Bertz CT molecular complexity index is 1110. The van der Waals surface area contributed by atoms with Gasteiger partial charge in [0.25, 0.3) is 0 Å². The van der Waals surface area contributed by atoms with Crippen LogP contribution in [-0.2, 0) is 11.3 Å². The summed E-state index contributed by atoms with van der Waals surface area (Å²) < 4.78 is 12.8. The SMILES string of the molecule is COc1ccc(Cl)cc1-c1noc(C(=O)NCCNC(=O)Cn2nc(C)c(Br)c2C)n1. The maximum atomic E-state index is 12.2. The third kappa shape index (κ3) is 5.42. The van der Waals surface area contributed by atoms with Crippen molar-refractivity contribution >= 4 is 39.3 Å². The molecule has 12 heteroatoms. The predicted octanol–water partition coefficient (Wildman–Crippen LogP) is 2.52. The first-order valence-corrected chi connectivity index (χ1v) is 10.4. The smallest absolute Gasteiger partial charge is 0.316 e. The van der Waals surface area contributed by atoms with E-state index in [1.807, 2.05) is 13.8 Å². The van der Waals surface area contributed by atoms with Crippen molar-refractivity contribution in [3.8, 4) is 17.1 Å². The molecule has 0 unspecified atom stereocenters. The summed E-state index contributed by atoms with van der Waals surface area (Å²) in [4.78, 5) is 28.4. The van der Waals surface area contributed by atoms with Gasteiger partial charge < -0.3 is 19.9 Å². The molecule has 3 aromatic rings. The number of aromatic nitrogens is 4. The molecule has 2 amide bonds. The van der Waals surface area contributed by atoms with Gasteiger partial charge in [0.05, 0.1) is 28.5 Å². The number of hydrogen-bond acceptors (Lipinski definition) is 7. The second kappa shape index (κ2) is 9.92. The van der Waals surface area contributed by atoms with Crippen LogP contribution in [0.1, 0.15) is 22.1 Å². The number of benzene rings is 1. The first-order valence-electron chi connectivity index (χ1n) is 9.22. The van der Waals surface area contributed by atoms with Gasteiger partial charge in [-0.05, 0) is 48.0 Å². The monoisotopic (exact) mass is 510 g/mol. The topological polar surface area (TPSA) is 124 Å². The van der Waals surface area contributed by atoms with Crippen molar-refractivity contribution in [1.82, 2.24) is 30.6 Å². The first-order chi connectivity index (χ1) is 14.8. The molecule has 1 aromatic carbocycles. The maximum Gasteiger partial charge on any atom is 0.316 e. The number of nitrogens with zero attached hydrogens (tertiary/aromatic N) is 4. The average Bonchev–Trinajstić information content (AvgIpc) is 3.33. The normalized spacial score (nSPS) is 10.7. The molecule has 3 rings (SSSR count). The zero-order chi connectivity index (χ0) is 22.5. The number of hydrogen-bond donors (Lipinski definition) is 2. The molecule has 164 valence electrons. The fourth-order valence-electron chi connectivity index (χ4n) is 2.75. The van der Waals surface area contributed by atoms with Crippen LogP contribution in [-0.4, -0.2) is 51.9 Å². The fourth-order valence-corrected chi connectivity index (χ4v) is 3.21. The predicted molar refractivity (Wildman–Crippen MR) is 116 cm³/mol. The number of methoxy groups -OCH3 is 1. The Morgan fingerprint density at radius 1 is 1.26 bits per heavy atom. The zero-order valence-electron chi connectivity index (χ0n) is 17.0. The third-order valence-electron chi connectivity index (χ3n) is 4.34. The van der Waals surface area contributed by atoms with Crippen LogP contribution in [0, 0.1) is 13.8 Å². The van der Waals surface area contributed by atoms with Gasteiger partial charge in [-0.3, -0.25) is 14.3 Å². The minimum Gasteiger partial charge on any atom is -0.496 e. The summed E-state index contributed by atoms with van der Waals surface area (Å²) in [6, 6.07) is 4.95. The summed E-state index contributed by atoms with van der Waals surface area (Å²) in [5, 5.41) is 13.9. The number of ether oxygens (including phenoxy) is 1. The summed E-state index contributed by atoms with van der Waals surface area (Å²) in [6.07, 6.45) is 0. The molecule has 0 aliphatic carbocycles. The average molecular weight is 512 g/mol. The molecule has 10 nitrogen and oxygen atoms in total. The van der Waals surface area contributed by atoms with Crippen LogP contribution in [0.25, 0.3) is 11.4 Å². The van der Waals surface area contributed by atoms with E-state index in [2.05, 4.69) is 41.8 Å². The van der Waals surface area contributed by atoms with Crippen LogP contribution in [0.15, 0.2) is 27.2 Å². The number of carbonyl (C=O) groups is 2. The highest BCUT2D eigenvalue weighted by Crippen LogP contribution is 2.30. The summed E-state index contributed by atoms with van der Waals surface area (Å²) in [7, 11) is 1.50. The molecule has 0 spiro atoms. The van der Waals surface area contributed by atoms with Crippen LogP contribution in [0.5, 0.6) is 5.75 Å². The van der Waals surface area contributed by atoms with E-state index >= 15 is 0 Å². The minimum atomic E-state index is -0.559. The molecule has 0 fully saturated rings. The number of carbonyl (C=O) groups excluding carboxylic acids is 2. The zero-order valence-corrected chi connectivity index (χ0v) is 19.4. The summed E-state index contributed by atoms with van der Waals surface area (Å²) >= 11 is 9.43. The number of amides is 2. The number of halogens is 2. The lowest BCUT2D eigenvalue weighted by atomic mass is 10.2. The van der Waals surface area contributed by atoms with Gasteiger partial charge in [0, 0.05) is 18.1 Å². The van der Waals surface area contributed by atoms with Gasteiger partial charge in [-0.15, -0.1) is 0 Å². The molecule has 0 bridgehead atoms. The Hall–Kier alpha value is -2.92. The van der Waals surface area contributed by atoms with Crippen molar-refractivity contribution in [2.75, 3.05) is 20.2 Å². The molecular formula is C19H20BrClN6O4. The Balaban J connectivity index is 1.50. The van der Waals surface area contributed by atoms with Crippen molar-refractivity contribution in [2.24, 2.45) is 0 Å². The third-order valence-corrected chi connectivity index (χ3v) is 5.72. The molecule has 2 N–H and O–H groups in total. The van der Waals surface area contributed by atoms with Crippen molar-refractivity contribution in [3.63, 3.8) is 0 Å². The van der Waals surface area contributed by atoms with E-state index in [0.29, 0.717) is 16.3 Å². The van der Waals surface area contributed by atoms with E-state index in [1.165, 1.54) is 7.11 Å². The second-order valence-corrected chi connectivity index (χ2v) is 7.75. The van der Waals surface area contributed by atoms with Gasteiger partial charge in [0.15, 0.2) is 0 Å². The Morgan fingerprint density at radius 3 is 2.68 bits per heavy atom. The van der Waals surface area contributed by atoms with E-state index < -0.39 is 5.91 Å². The highest BCUT2D eigenvalue weighted by atomic mass is 79.9. The largest absolute Gasteiger partial charge is 0.496 e. The standard InChI is InChI=1S/C19H20BrClN6O4/c1-10-16(20)11(2)27(25-10)9-15(28)22-6-7-23-18(29)19-24-17(26-31-19)13-8-12(21)4-5-14(13)30-3/h4-5,8H,6-7,9H2,1-3H3,(H,22,28)(H,23,29). The molecule has 0 radical (unpaired) electrons. The van der Waals surface area contributed by atoms with Gasteiger partial charge >= 0.3 is 11.8 Å². The van der Waals surface area contributed by atoms with E-state index in [9.17, 15) is 9.59 Å². The van der Waals surface area contributed by atoms with Crippen LogP contribution in [0.2, 0.25) is 5.02 Å². The molecule has 0 atom stereocenters. The Kier molecular flexibility index (Phi) is 7.29. The van der Waals surface area contributed by atoms with Crippen molar-refractivity contribution < 1.29 is 18.8 Å². The van der Waals surface area contributed by atoms with E-state index in [4.69, 9.17) is 20.9 Å². The molecule has 0 aliphatic rings. The lowest BCUT2D eigenvalue weighted by Gasteiger charge is -2.07. The fraction of sp³-hybridized carbons (Fsp3) is 0.316. The van der Waals surface area contributed by atoms with Crippen molar-refractivity contribution in [3.05, 3.63) is 45.0 Å². The van der Waals surface area contributed by atoms with Gasteiger partial charge in [0.2, 0.25) is 11.7 Å². The van der Waals surface area contributed by atoms with Gasteiger partial charge in [-0.2, -0.15) is 10.1 Å². The number of rotatable bonds is 8.